The van der Waals surface area contributed by atoms with Crippen molar-refractivity contribution in [3.8, 4) is 0 Å². The van der Waals surface area contributed by atoms with E-state index in [1.807, 2.05) is 13.8 Å². The third kappa shape index (κ3) is 4.18. The lowest BCUT2D eigenvalue weighted by Gasteiger charge is -2.08. The molecule has 2 aromatic rings. The van der Waals surface area contributed by atoms with Crippen LogP contribution in [0.5, 0.6) is 0 Å². The highest BCUT2D eigenvalue weighted by Crippen LogP contribution is 2.38. The fraction of sp³-hybridized carbons (Fsp3) is 0.350. The average Bonchev–Trinajstić information content (AvgIpc) is 3.49. The van der Waals surface area contributed by atoms with Crippen LogP contribution < -0.4 is 0 Å². The molecule has 0 aliphatic heterocycles. The predicted octanol–water partition coefficient (Wildman–Crippen LogP) is 3.17. The number of ether oxygens (including phenoxy) is 2. The maximum atomic E-state index is 12.5. The summed E-state index contributed by atoms with van der Waals surface area (Å²) in [5.74, 6) is -2.13. The van der Waals surface area contributed by atoms with Crippen LogP contribution in [0.2, 0.25) is 0 Å². The molecule has 0 atom stereocenters. The van der Waals surface area contributed by atoms with Gasteiger partial charge in [0.15, 0.2) is 6.61 Å². The van der Waals surface area contributed by atoms with Gasteiger partial charge in [0.05, 0.1) is 23.2 Å². The molecule has 1 saturated carbocycles. The number of aryl methyl sites for hydroxylation is 1. The van der Waals surface area contributed by atoms with Gasteiger partial charge in [-0.05, 0) is 38.8 Å². The number of carbonyl (C=O) groups excluding carboxylic acids is 3. The molecule has 152 valence electrons. The van der Waals surface area contributed by atoms with Gasteiger partial charge in [0.2, 0.25) is 5.78 Å². The van der Waals surface area contributed by atoms with Crippen LogP contribution in [0.3, 0.4) is 0 Å². The summed E-state index contributed by atoms with van der Waals surface area (Å²) >= 11 is 0. The first-order valence-corrected chi connectivity index (χ1v) is 8.99. The molecule has 1 fully saturated rings. The van der Waals surface area contributed by atoms with Crippen LogP contribution in [0.15, 0.2) is 24.3 Å². The first-order valence-electron chi connectivity index (χ1n) is 8.99. The van der Waals surface area contributed by atoms with Crippen LogP contribution in [-0.2, 0) is 9.47 Å². The Labute approximate surface area is 166 Å². The number of methoxy groups -OCH3 is 1. The summed E-state index contributed by atoms with van der Waals surface area (Å²) in [6.45, 7) is 3.26. The molecule has 9 heteroatoms. The van der Waals surface area contributed by atoms with Crippen LogP contribution in [-0.4, -0.2) is 40.9 Å². The van der Waals surface area contributed by atoms with Gasteiger partial charge in [0, 0.05) is 35.1 Å². The monoisotopic (exact) mass is 400 g/mol. The van der Waals surface area contributed by atoms with Crippen molar-refractivity contribution in [2.24, 2.45) is 0 Å². The number of non-ortho nitro benzene ring substituents is 1. The number of nitro groups is 1. The third-order valence-corrected chi connectivity index (χ3v) is 4.82. The Bertz CT molecular complexity index is 1020. The van der Waals surface area contributed by atoms with Crippen molar-refractivity contribution in [3.05, 3.63) is 62.5 Å². The van der Waals surface area contributed by atoms with Gasteiger partial charge in [-0.15, -0.1) is 0 Å². The van der Waals surface area contributed by atoms with Crippen molar-refractivity contribution >= 4 is 23.4 Å². The van der Waals surface area contributed by atoms with E-state index in [-0.39, 0.29) is 16.9 Å². The molecule has 1 aromatic carbocycles. The number of esters is 2. The maximum Gasteiger partial charge on any atom is 0.338 e. The molecular weight excluding hydrogens is 380 g/mol. The number of hydrogen-bond acceptors (Lipinski definition) is 7. The number of benzene rings is 1. The van der Waals surface area contributed by atoms with E-state index in [9.17, 15) is 24.5 Å². The first-order chi connectivity index (χ1) is 13.7. The quantitative estimate of drug-likeness (QED) is 0.303. The number of aromatic nitrogens is 1. The third-order valence-electron chi connectivity index (χ3n) is 4.82. The molecule has 1 heterocycles. The highest BCUT2D eigenvalue weighted by molar-refractivity contribution is 6.01. The fourth-order valence-electron chi connectivity index (χ4n) is 3.32. The maximum absolute atomic E-state index is 12.5. The summed E-state index contributed by atoms with van der Waals surface area (Å²) in [5.41, 5.74) is 1.45. The SMILES string of the molecule is COC(=O)c1cc(C(=O)OCC(=O)c2cc(C)n(C3CC3)c2C)cc([N+](=O)[O-])c1. The van der Waals surface area contributed by atoms with Gasteiger partial charge in [0.1, 0.15) is 0 Å². The minimum Gasteiger partial charge on any atom is -0.465 e. The number of hydrogen-bond donors (Lipinski definition) is 0. The number of Topliss-reactive ketones (excluding diaryl/α,β-unsaturated/α-hetero) is 1. The second-order valence-corrected chi connectivity index (χ2v) is 6.90. The van der Waals surface area contributed by atoms with E-state index in [0.29, 0.717) is 11.6 Å². The Morgan fingerprint density at radius 1 is 1.10 bits per heavy atom. The van der Waals surface area contributed by atoms with E-state index < -0.39 is 29.2 Å². The fourth-order valence-corrected chi connectivity index (χ4v) is 3.32. The molecule has 0 saturated heterocycles. The van der Waals surface area contributed by atoms with Crippen LogP contribution in [0.4, 0.5) is 5.69 Å². The summed E-state index contributed by atoms with van der Waals surface area (Å²) in [6.07, 6.45) is 2.16. The van der Waals surface area contributed by atoms with Crippen molar-refractivity contribution < 1.29 is 28.8 Å². The molecule has 0 N–H and O–H groups in total. The second-order valence-electron chi connectivity index (χ2n) is 6.90. The van der Waals surface area contributed by atoms with Gasteiger partial charge in [-0.3, -0.25) is 14.9 Å². The standard InChI is InChI=1S/C20H20N2O7/c1-11-6-17(12(2)21(11)15-4-5-15)18(23)10-29-20(25)14-7-13(19(24)28-3)8-16(9-14)22(26)27/h6-9,15H,4-5,10H2,1-3H3. The molecule has 0 radical (unpaired) electrons. The Balaban J connectivity index is 1.76. The normalized spacial score (nSPS) is 13.1. The predicted molar refractivity (Wildman–Crippen MR) is 101 cm³/mol. The Morgan fingerprint density at radius 3 is 2.28 bits per heavy atom. The summed E-state index contributed by atoms with van der Waals surface area (Å²) < 4.78 is 11.7. The van der Waals surface area contributed by atoms with Crippen molar-refractivity contribution in [3.63, 3.8) is 0 Å². The molecule has 0 unspecified atom stereocenters. The van der Waals surface area contributed by atoms with E-state index in [1.165, 1.54) is 0 Å². The number of nitro benzene ring substituents is 1. The summed E-state index contributed by atoms with van der Waals surface area (Å²) in [5, 5.41) is 11.1. The van der Waals surface area contributed by atoms with Crippen molar-refractivity contribution in [2.45, 2.75) is 32.7 Å². The van der Waals surface area contributed by atoms with Gasteiger partial charge >= 0.3 is 11.9 Å². The lowest BCUT2D eigenvalue weighted by molar-refractivity contribution is -0.384. The molecule has 0 amide bonds. The van der Waals surface area contributed by atoms with Crippen molar-refractivity contribution in [1.82, 2.24) is 4.57 Å². The minimum atomic E-state index is -0.941. The molecule has 9 nitrogen and oxygen atoms in total. The molecule has 3 rings (SSSR count). The lowest BCUT2D eigenvalue weighted by Crippen LogP contribution is -2.16. The lowest BCUT2D eigenvalue weighted by atomic mass is 10.1. The van der Waals surface area contributed by atoms with E-state index in [4.69, 9.17) is 4.74 Å². The van der Waals surface area contributed by atoms with Crippen LogP contribution in [0.1, 0.15) is 61.3 Å². The van der Waals surface area contributed by atoms with E-state index in [2.05, 4.69) is 9.30 Å². The first kappa shape index (κ1) is 20.2. The van der Waals surface area contributed by atoms with E-state index >= 15 is 0 Å². The highest BCUT2D eigenvalue weighted by atomic mass is 16.6. The van der Waals surface area contributed by atoms with Crippen LogP contribution in [0, 0.1) is 24.0 Å². The minimum absolute atomic E-state index is 0.159. The highest BCUT2D eigenvalue weighted by Gasteiger charge is 2.28. The van der Waals surface area contributed by atoms with E-state index in [0.717, 1.165) is 49.5 Å². The second kappa shape index (κ2) is 7.86. The van der Waals surface area contributed by atoms with Crippen LogP contribution in [0.25, 0.3) is 0 Å². The van der Waals surface area contributed by atoms with Gasteiger partial charge in [-0.1, -0.05) is 0 Å². The molecule has 1 aliphatic carbocycles. The zero-order valence-corrected chi connectivity index (χ0v) is 16.3. The van der Waals surface area contributed by atoms with Gasteiger partial charge < -0.3 is 14.0 Å². The van der Waals surface area contributed by atoms with Gasteiger partial charge in [-0.2, -0.15) is 0 Å². The molecule has 0 spiro atoms. The molecule has 0 bridgehead atoms. The largest absolute Gasteiger partial charge is 0.465 e. The molecule has 29 heavy (non-hydrogen) atoms. The summed E-state index contributed by atoms with van der Waals surface area (Å²) in [4.78, 5) is 46.9. The number of rotatable bonds is 7. The average molecular weight is 400 g/mol. The number of ketones is 1. The van der Waals surface area contributed by atoms with Crippen molar-refractivity contribution in [1.29, 1.82) is 0 Å². The Kier molecular flexibility index (Phi) is 5.49. The Morgan fingerprint density at radius 2 is 1.72 bits per heavy atom. The van der Waals surface area contributed by atoms with Gasteiger partial charge in [0.25, 0.3) is 5.69 Å². The summed E-state index contributed by atoms with van der Waals surface area (Å²) in [6, 6.07) is 5.30. The molecule has 1 aliphatic rings. The topological polar surface area (TPSA) is 118 Å². The van der Waals surface area contributed by atoms with Gasteiger partial charge in [-0.25, -0.2) is 9.59 Å². The smallest absolute Gasteiger partial charge is 0.338 e. The zero-order chi connectivity index (χ0) is 21.3. The zero-order valence-electron chi connectivity index (χ0n) is 16.3. The van der Waals surface area contributed by atoms with Crippen LogP contribution >= 0.6 is 0 Å². The van der Waals surface area contributed by atoms with E-state index in [1.54, 1.807) is 6.07 Å². The number of carbonyl (C=O) groups is 3. The number of nitrogens with zero attached hydrogens (tertiary/aromatic N) is 2. The van der Waals surface area contributed by atoms with Crippen molar-refractivity contribution in [2.75, 3.05) is 13.7 Å². The molecular formula is C20H20N2O7. The molecule has 1 aromatic heterocycles. The Hall–Kier alpha value is -3.49. The summed E-state index contributed by atoms with van der Waals surface area (Å²) in [7, 11) is 1.12.